The summed E-state index contributed by atoms with van der Waals surface area (Å²) in [6.45, 7) is 3.49. The maximum Gasteiger partial charge on any atom is 0.419 e. The van der Waals surface area contributed by atoms with Crippen molar-refractivity contribution in [3.05, 3.63) is 64.5 Å². The van der Waals surface area contributed by atoms with Crippen molar-refractivity contribution in [2.24, 2.45) is 0 Å². The van der Waals surface area contributed by atoms with E-state index < -0.39 is 6.09 Å². The van der Waals surface area contributed by atoms with Crippen molar-refractivity contribution in [1.29, 1.82) is 0 Å². The van der Waals surface area contributed by atoms with Crippen LogP contribution in [-0.4, -0.2) is 12.7 Å². The molecule has 0 saturated heterocycles. The first-order chi connectivity index (χ1) is 10.0. The standard InChI is InChI=1S/C15H11Cl3NO2/c1-2-21-15(20)19(11-6-4-3-5-7-11)14-12(17)8-10(16)9-13(14)18/h3-9H,1-2H2. The van der Waals surface area contributed by atoms with Gasteiger partial charge in [-0.2, -0.15) is 0 Å². The van der Waals surface area contributed by atoms with E-state index in [1.54, 1.807) is 24.3 Å². The van der Waals surface area contributed by atoms with E-state index in [0.717, 1.165) is 0 Å². The molecule has 3 nitrogen and oxygen atoms in total. The van der Waals surface area contributed by atoms with Crippen LogP contribution < -0.4 is 4.90 Å². The minimum Gasteiger partial charge on any atom is -0.449 e. The van der Waals surface area contributed by atoms with Gasteiger partial charge < -0.3 is 4.74 Å². The number of carbonyl (C=O) groups excluding carboxylic acids is 1. The Bertz CT molecular complexity index is 624. The summed E-state index contributed by atoms with van der Waals surface area (Å²) >= 11 is 18.3. The molecule has 2 aromatic rings. The van der Waals surface area contributed by atoms with Gasteiger partial charge in [-0.25, -0.2) is 9.69 Å². The fourth-order valence-corrected chi connectivity index (χ4v) is 2.79. The van der Waals surface area contributed by atoms with E-state index in [1.807, 2.05) is 6.07 Å². The van der Waals surface area contributed by atoms with Gasteiger partial charge in [0, 0.05) is 5.02 Å². The average Bonchev–Trinajstić information content (AvgIpc) is 2.43. The van der Waals surface area contributed by atoms with Crippen molar-refractivity contribution >= 4 is 52.3 Å². The number of anilines is 2. The Labute approximate surface area is 138 Å². The summed E-state index contributed by atoms with van der Waals surface area (Å²) in [6, 6.07) is 11.9. The lowest BCUT2D eigenvalue weighted by Gasteiger charge is -2.24. The molecule has 0 unspecified atom stereocenters. The third kappa shape index (κ3) is 3.62. The predicted octanol–water partition coefficient (Wildman–Crippen LogP) is 5.76. The molecule has 1 radical (unpaired) electrons. The average molecular weight is 344 g/mol. The van der Waals surface area contributed by atoms with E-state index in [4.69, 9.17) is 39.5 Å². The zero-order valence-corrected chi connectivity index (χ0v) is 13.1. The molecule has 2 rings (SSSR count). The molecule has 0 bridgehead atoms. The zero-order valence-electron chi connectivity index (χ0n) is 10.9. The van der Waals surface area contributed by atoms with Crippen molar-refractivity contribution in [2.75, 3.05) is 11.5 Å². The summed E-state index contributed by atoms with van der Waals surface area (Å²) < 4.78 is 4.98. The van der Waals surface area contributed by atoms with Gasteiger partial charge in [0.15, 0.2) is 0 Å². The molecule has 0 heterocycles. The Hall–Kier alpha value is -1.42. The largest absolute Gasteiger partial charge is 0.449 e. The minimum atomic E-state index is -0.623. The number of para-hydroxylation sites is 1. The molecule has 0 aliphatic carbocycles. The summed E-state index contributed by atoms with van der Waals surface area (Å²) in [5.41, 5.74) is 0.884. The lowest BCUT2D eigenvalue weighted by Crippen LogP contribution is -2.27. The van der Waals surface area contributed by atoms with Gasteiger partial charge in [0.1, 0.15) is 0 Å². The maximum atomic E-state index is 12.2. The quantitative estimate of drug-likeness (QED) is 0.709. The smallest absolute Gasteiger partial charge is 0.419 e. The number of benzene rings is 2. The number of hydrogen-bond acceptors (Lipinski definition) is 2. The van der Waals surface area contributed by atoms with Crippen LogP contribution in [0.4, 0.5) is 16.2 Å². The number of ether oxygens (including phenoxy) is 1. The molecule has 0 fully saturated rings. The van der Waals surface area contributed by atoms with Gasteiger partial charge in [-0.1, -0.05) is 53.0 Å². The molecule has 0 saturated carbocycles. The van der Waals surface area contributed by atoms with Gasteiger partial charge in [-0.15, -0.1) is 0 Å². The molecule has 109 valence electrons. The van der Waals surface area contributed by atoms with Gasteiger partial charge in [0.05, 0.1) is 28.0 Å². The van der Waals surface area contributed by atoms with E-state index in [-0.39, 0.29) is 16.7 Å². The van der Waals surface area contributed by atoms with Gasteiger partial charge in [-0.3, -0.25) is 0 Å². The van der Waals surface area contributed by atoms with Gasteiger partial charge in [0.2, 0.25) is 0 Å². The van der Waals surface area contributed by atoms with Crippen LogP contribution in [0.5, 0.6) is 0 Å². The Morgan fingerprint density at radius 1 is 1.10 bits per heavy atom. The molecule has 0 N–H and O–H groups in total. The molecule has 0 atom stereocenters. The highest BCUT2D eigenvalue weighted by Gasteiger charge is 2.24. The van der Waals surface area contributed by atoms with Crippen LogP contribution in [-0.2, 0) is 4.74 Å². The van der Waals surface area contributed by atoms with Crippen molar-refractivity contribution in [3.63, 3.8) is 0 Å². The van der Waals surface area contributed by atoms with Gasteiger partial charge >= 0.3 is 6.09 Å². The molecule has 0 aromatic heterocycles. The fraction of sp³-hybridized carbons (Fsp3) is 0.0667. The Morgan fingerprint density at radius 3 is 2.19 bits per heavy atom. The molecule has 0 aliphatic rings. The van der Waals surface area contributed by atoms with E-state index >= 15 is 0 Å². The first-order valence-corrected chi connectivity index (χ1v) is 7.13. The van der Waals surface area contributed by atoms with E-state index in [0.29, 0.717) is 16.4 Å². The van der Waals surface area contributed by atoms with Crippen LogP contribution in [0.1, 0.15) is 0 Å². The third-order valence-corrected chi connectivity index (χ3v) is 3.42. The number of amides is 1. The maximum absolute atomic E-state index is 12.2. The van der Waals surface area contributed by atoms with Crippen molar-refractivity contribution in [3.8, 4) is 0 Å². The highest BCUT2D eigenvalue weighted by molar-refractivity contribution is 6.42. The van der Waals surface area contributed by atoms with Crippen LogP contribution in [0.3, 0.4) is 0 Å². The normalized spacial score (nSPS) is 10.3. The first-order valence-electron chi connectivity index (χ1n) is 6.00. The summed E-state index contributed by atoms with van der Waals surface area (Å²) in [4.78, 5) is 13.5. The molecular formula is C15H11Cl3NO2. The van der Waals surface area contributed by atoms with Crippen LogP contribution in [0.15, 0.2) is 42.5 Å². The van der Waals surface area contributed by atoms with Crippen molar-refractivity contribution < 1.29 is 9.53 Å². The first kappa shape index (κ1) is 16.0. The van der Waals surface area contributed by atoms with Crippen molar-refractivity contribution in [2.45, 2.75) is 0 Å². The van der Waals surface area contributed by atoms with Crippen molar-refractivity contribution in [1.82, 2.24) is 0 Å². The van der Waals surface area contributed by atoms with E-state index in [1.165, 1.54) is 17.0 Å². The number of rotatable bonds is 3. The summed E-state index contributed by atoms with van der Waals surface area (Å²) in [6.07, 6.45) is -0.623. The van der Waals surface area contributed by atoms with Crippen LogP contribution >= 0.6 is 34.8 Å². The second-order valence-corrected chi connectivity index (χ2v) is 5.25. The van der Waals surface area contributed by atoms with Crippen LogP contribution in [0.25, 0.3) is 0 Å². The lowest BCUT2D eigenvalue weighted by atomic mass is 10.2. The fourth-order valence-electron chi connectivity index (χ4n) is 1.80. The number of halogens is 3. The molecule has 1 amide bonds. The highest BCUT2D eigenvalue weighted by atomic mass is 35.5. The molecule has 0 spiro atoms. The Balaban J connectivity index is 2.58. The third-order valence-electron chi connectivity index (χ3n) is 2.63. The Morgan fingerprint density at radius 2 is 1.67 bits per heavy atom. The number of hydrogen-bond donors (Lipinski definition) is 0. The minimum absolute atomic E-state index is 0.00893. The summed E-state index contributed by atoms with van der Waals surface area (Å²) in [5, 5.41) is 0.877. The molecule has 6 heteroatoms. The molecule has 0 aliphatic heterocycles. The topological polar surface area (TPSA) is 29.5 Å². The SMILES string of the molecule is [CH2]COC(=O)N(c1ccccc1)c1c(Cl)cc(Cl)cc1Cl. The summed E-state index contributed by atoms with van der Waals surface area (Å²) in [7, 11) is 0. The highest BCUT2D eigenvalue weighted by Crippen LogP contribution is 2.40. The molecule has 2 aromatic carbocycles. The van der Waals surface area contributed by atoms with Gasteiger partial charge in [-0.05, 0) is 31.2 Å². The van der Waals surface area contributed by atoms with Crippen LogP contribution in [0.2, 0.25) is 15.1 Å². The van der Waals surface area contributed by atoms with Gasteiger partial charge in [0.25, 0.3) is 0 Å². The number of carbonyl (C=O) groups is 1. The number of nitrogens with zero attached hydrogens (tertiary/aromatic N) is 1. The predicted molar refractivity (Wildman–Crippen MR) is 86.8 cm³/mol. The lowest BCUT2D eigenvalue weighted by molar-refractivity contribution is 0.168. The second-order valence-electron chi connectivity index (χ2n) is 4.00. The van der Waals surface area contributed by atoms with E-state index in [2.05, 4.69) is 6.92 Å². The molecular weight excluding hydrogens is 333 g/mol. The molecule has 21 heavy (non-hydrogen) atoms. The van der Waals surface area contributed by atoms with Crippen LogP contribution in [0, 0.1) is 6.92 Å². The zero-order chi connectivity index (χ0) is 15.4. The van der Waals surface area contributed by atoms with E-state index in [9.17, 15) is 4.79 Å². The monoisotopic (exact) mass is 342 g/mol. The summed E-state index contributed by atoms with van der Waals surface area (Å²) in [5.74, 6) is 0. The Kier molecular flexibility index (Phi) is 5.34. The second kappa shape index (κ2) is 7.03.